The van der Waals surface area contributed by atoms with Gasteiger partial charge in [-0.05, 0) is 47.7 Å². The van der Waals surface area contributed by atoms with E-state index in [1.807, 2.05) is 12.1 Å². The molecule has 0 aliphatic carbocycles. The van der Waals surface area contributed by atoms with Gasteiger partial charge in [-0.25, -0.2) is 13.6 Å². The molecule has 8 heteroatoms. The lowest BCUT2D eigenvalue weighted by Gasteiger charge is -2.09. The van der Waals surface area contributed by atoms with Crippen LogP contribution in [0.2, 0.25) is 0 Å². The summed E-state index contributed by atoms with van der Waals surface area (Å²) in [6.45, 7) is 0. The fourth-order valence-electron chi connectivity index (χ4n) is 2.79. The minimum atomic E-state index is -2.38. The zero-order valence-electron chi connectivity index (χ0n) is 15.0. The van der Waals surface area contributed by atoms with E-state index in [9.17, 15) is 8.60 Å². The molecule has 0 aliphatic heterocycles. The van der Waals surface area contributed by atoms with E-state index in [0.29, 0.717) is 28.1 Å². The molecule has 0 fully saturated rings. The summed E-state index contributed by atoms with van der Waals surface area (Å²) in [7, 11) is -2.38. The number of fused-ring (bicyclic) bond motifs is 1. The summed E-state index contributed by atoms with van der Waals surface area (Å²) in [5.41, 5.74) is 1.93. The largest absolute Gasteiger partial charge is 0.423 e. The van der Waals surface area contributed by atoms with Gasteiger partial charge in [0.2, 0.25) is 0 Å². The molecule has 0 amide bonds. The highest BCUT2D eigenvalue weighted by Crippen LogP contribution is 2.29. The Hall–Kier alpha value is -3.39. The Morgan fingerprint density at radius 3 is 2.79 bits per heavy atom. The van der Waals surface area contributed by atoms with Crippen molar-refractivity contribution >= 4 is 43.7 Å². The maximum atomic E-state index is 14.3. The molecule has 2 aromatic heterocycles. The topological polar surface area (TPSA) is 80.0 Å². The van der Waals surface area contributed by atoms with Gasteiger partial charge >= 0.3 is 0 Å². The van der Waals surface area contributed by atoms with Crippen molar-refractivity contribution in [3.8, 4) is 11.3 Å². The van der Waals surface area contributed by atoms with Gasteiger partial charge in [-0.1, -0.05) is 6.07 Å². The highest BCUT2D eigenvalue weighted by Gasteiger charge is 2.11. The van der Waals surface area contributed by atoms with Gasteiger partial charge < -0.3 is 14.5 Å². The van der Waals surface area contributed by atoms with Crippen molar-refractivity contribution in [2.45, 2.75) is 0 Å². The Bertz CT molecular complexity index is 1270. The van der Waals surface area contributed by atoms with Crippen molar-refractivity contribution in [3.63, 3.8) is 0 Å². The van der Waals surface area contributed by atoms with Crippen molar-refractivity contribution in [2.24, 2.45) is 0 Å². The Morgan fingerprint density at radius 2 is 1.96 bits per heavy atom. The van der Waals surface area contributed by atoms with Crippen LogP contribution in [-0.4, -0.2) is 26.3 Å². The zero-order chi connectivity index (χ0) is 19.7. The fraction of sp³-hybridized carbons (Fsp3) is 0.0500. The van der Waals surface area contributed by atoms with Crippen LogP contribution in [0.15, 0.2) is 65.5 Å². The second-order valence-electron chi connectivity index (χ2n) is 6.40. The third kappa shape index (κ3) is 3.96. The number of halogens is 1. The van der Waals surface area contributed by atoms with E-state index in [4.69, 9.17) is 4.42 Å². The molecule has 0 radical (unpaired) electrons. The first-order valence-corrected chi connectivity index (χ1v) is 10.5. The SMILES string of the molecule is C=S(C)(=O)Nc1cccc(Nc2ncc(-c3cc(F)c4cnccc4c3)o2)c1. The highest BCUT2D eigenvalue weighted by molar-refractivity contribution is 8.00. The van der Waals surface area contributed by atoms with Crippen molar-refractivity contribution in [3.05, 3.63) is 66.9 Å². The third-order valence-corrected chi connectivity index (χ3v) is 4.61. The second-order valence-corrected chi connectivity index (χ2v) is 8.61. The van der Waals surface area contributed by atoms with Crippen LogP contribution in [0.1, 0.15) is 0 Å². The predicted molar refractivity (Wildman–Crippen MR) is 112 cm³/mol. The molecule has 0 saturated carbocycles. The van der Waals surface area contributed by atoms with Crippen LogP contribution in [0.25, 0.3) is 22.1 Å². The smallest absolute Gasteiger partial charge is 0.299 e. The lowest BCUT2D eigenvalue weighted by atomic mass is 10.1. The number of rotatable bonds is 5. The molecule has 2 aromatic carbocycles. The van der Waals surface area contributed by atoms with E-state index in [-0.39, 0.29) is 11.8 Å². The summed E-state index contributed by atoms with van der Waals surface area (Å²) in [4.78, 5) is 8.14. The van der Waals surface area contributed by atoms with Crippen LogP contribution in [0.3, 0.4) is 0 Å². The minimum Gasteiger partial charge on any atom is -0.423 e. The number of aromatic nitrogens is 2. The highest BCUT2D eigenvalue weighted by atomic mass is 32.2. The molecule has 4 aromatic rings. The van der Waals surface area contributed by atoms with Crippen LogP contribution in [0.4, 0.5) is 21.8 Å². The average molecular weight is 396 g/mol. The van der Waals surface area contributed by atoms with Gasteiger partial charge in [0.25, 0.3) is 6.01 Å². The van der Waals surface area contributed by atoms with E-state index in [0.717, 1.165) is 5.39 Å². The van der Waals surface area contributed by atoms with E-state index in [2.05, 4.69) is 25.9 Å². The standard InChI is InChI=1S/C20H17FN4O2S/c1-28(2,26)25-16-5-3-4-15(10-16)24-20-23-12-19(27-20)14-8-13-6-7-22-11-17(13)18(21)9-14/h3-12H,1H2,2H3,(H,23,24)(H,25,26). The number of nitrogens with one attached hydrogen (secondary N) is 2. The third-order valence-electron chi connectivity index (χ3n) is 3.94. The molecule has 0 saturated heterocycles. The van der Waals surface area contributed by atoms with E-state index < -0.39 is 9.71 Å². The van der Waals surface area contributed by atoms with Gasteiger partial charge in [0, 0.05) is 50.7 Å². The maximum Gasteiger partial charge on any atom is 0.299 e. The molecule has 142 valence electrons. The van der Waals surface area contributed by atoms with Gasteiger partial charge in [0.15, 0.2) is 5.76 Å². The van der Waals surface area contributed by atoms with E-state index in [1.54, 1.807) is 30.5 Å². The molecule has 1 atom stereocenters. The van der Waals surface area contributed by atoms with Crippen molar-refractivity contribution in [2.75, 3.05) is 16.3 Å². The number of anilines is 3. The summed E-state index contributed by atoms with van der Waals surface area (Å²) >= 11 is 0. The molecule has 0 aliphatic rings. The molecule has 6 nitrogen and oxygen atoms in total. The maximum absolute atomic E-state index is 14.3. The quantitative estimate of drug-likeness (QED) is 0.487. The lowest BCUT2D eigenvalue weighted by molar-refractivity contribution is 0.590. The van der Waals surface area contributed by atoms with Crippen LogP contribution in [-0.2, 0) is 9.71 Å². The summed E-state index contributed by atoms with van der Waals surface area (Å²) < 4.78 is 34.7. The summed E-state index contributed by atoms with van der Waals surface area (Å²) in [5, 5.41) is 4.22. The van der Waals surface area contributed by atoms with Gasteiger partial charge in [0.05, 0.1) is 6.20 Å². The predicted octanol–water partition coefficient (Wildman–Crippen LogP) is 4.45. The molecule has 2 heterocycles. The molecular weight excluding hydrogens is 379 g/mol. The Morgan fingerprint density at radius 1 is 1.14 bits per heavy atom. The first kappa shape index (κ1) is 18.0. The summed E-state index contributed by atoms with van der Waals surface area (Å²) in [5.74, 6) is 3.64. The van der Waals surface area contributed by atoms with Crippen molar-refractivity contribution in [1.29, 1.82) is 0 Å². The molecule has 1 unspecified atom stereocenters. The van der Waals surface area contributed by atoms with Crippen LogP contribution in [0, 0.1) is 5.82 Å². The van der Waals surface area contributed by atoms with Crippen LogP contribution >= 0.6 is 0 Å². The van der Waals surface area contributed by atoms with Crippen LogP contribution in [0.5, 0.6) is 0 Å². The fourth-order valence-corrected chi connectivity index (χ4v) is 3.42. The second kappa shape index (κ2) is 6.97. The Balaban J connectivity index is 1.60. The van der Waals surface area contributed by atoms with Gasteiger partial charge in [-0.3, -0.25) is 4.98 Å². The molecule has 0 spiro atoms. The molecule has 0 bridgehead atoms. The number of pyridine rings is 1. The first-order valence-electron chi connectivity index (χ1n) is 8.34. The molecular formula is C20H17FN4O2S. The number of oxazole rings is 1. The van der Waals surface area contributed by atoms with Gasteiger partial charge in [-0.15, -0.1) is 0 Å². The van der Waals surface area contributed by atoms with Crippen LogP contribution < -0.4 is 10.0 Å². The van der Waals surface area contributed by atoms with Gasteiger partial charge in [-0.2, -0.15) is 0 Å². The monoisotopic (exact) mass is 396 g/mol. The Kier molecular flexibility index (Phi) is 4.48. The molecule has 4 rings (SSSR count). The van der Waals surface area contributed by atoms with Crippen molar-refractivity contribution < 1.29 is 13.0 Å². The van der Waals surface area contributed by atoms with Gasteiger partial charge in [0.1, 0.15) is 5.82 Å². The number of benzene rings is 2. The molecule has 28 heavy (non-hydrogen) atoms. The summed E-state index contributed by atoms with van der Waals surface area (Å²) in [6.07, 6.45) is 6.15. The summed E-state index contributed by atoms with van der Waals surface area (Å²) in [6, 6.07) is 12.4. The minimum absolute atomic E-state index is 0.259. The zero-order valence-corrected chi connectivity index (χ0v) is 15.8. The first-order chi connectivity index (χ1) is 13.4. The van der Waals surface area contributed by atoms with E-state index >= 15 is 0 Å². The Labute approximate surface area is 161 Å². The molecule has 2 N–H and O–H groups in total. The average Bonchev–Trinajstić information content (AvgIpc) is 3.09. The van der Waals surface area contributed by atoms with Crippen molar-refractivity contribution in [1.82, 2.24) is 9.97 Å². The number of nitrogens with zero attached hydrogens (tertiary/aromatic N) is 2. The normalized spacial score (nSPS) is 13.2. The van der Waals surface area contributed by atoms with E-state index in [1.165, 1.54) is 24.7 Å². The lowest BCUT2D eigenvalue weighted by Crippen LogP contribution is -2.09. The number of hydrogen-bond acceptors (Lipinski definition) is 5. The number of hydrogen-bond donors (Lipinski definition) is 2.